The summed E-state index contributed by atoms with van der Waals surface area (Å²) in [5.41, 5.74) is 1.76. The first-order valence-electron chi connectivity index (χ1n) is 7.07. The van der Waals surface area contributed by atoms with Crippen molar-refractivity contribution in [1.29, 1.82) is 0 Å². The number of carbonyl (C=O) groups excluding carboxylic acids is 1. The van der Waals surface area contributed by atoms with Gasteiger partial charge in [0.2, 0.25) is 0 Å². The number of carbonyl (C=O) groups is 1. The van der Waals surface area contributed by atoms with Gasteiger partial charge in [0.05, 0.1) is 24.1 Å². The van der Waals surface area contributed by atoms with Crippen molar-refractivity contribution in [3.05, 3.63) is 40.2 Å². The van der Waals surface area contributed by atoms with E-state index in [1.807, 2.05) is 0 Å². The second kappa shape index (κ2) is 6.22. The first-order chi connectivity index (χ1) is 9.83. The van der Waals surface area contributed by atoms with Crippen molar-refractivity contribution >= 4 is 17.2 Å². The summed E-state index contributed by atoms with van der Waals surface area (Å²) in [6, 6.07) is 1.66. The van der Waals surface area contributed by atoms with Crippen LogP contribution in [-0.2, 0) is 6.54 Å². The van der Waals surface area contributed by atoms with Crippen molar-refractivity contribution in [2.24, 2.45) is 0 Å². The van der Waals surface area contributed by atoms with Crippen LogP contribution in [0.1, 0.15) is 59.1 Å². The van der Waals surface area contributed by atoms with E-state index >= 15 is 0 Å². The minimum atomic E-state index is -0.117. The van der Waals surface area contributed by atoms with Crippen LogP contribution in [0.5, 0.6) is 0 Å². The fourth-order valence-electron chi connectivity index (χ4n) is 2.64. The first-order valence-corrected chi connectivity index (χ1v) is 7.95. The molecule has 0 saturated heterocycles. The lowest BCUT2D eigenvalue weighted by molar-refractivity contribution is 0.0950. The molecule has 1 saturated carbocycles. The number of thiazole rings is 1. The lowest BCUT2D eigenvalue weighted by atomic mass is 9.87. The summed E-state index contributed by atoms with van der Waals surface area (Å²) in [6.45, 7) is 0.488. The zero-order valence-corrected chi connectivity index (χ0v) is 12.1. The molecule has 1 aliphatic carbocycles. The van der Waals surface area contributed by atoms with Gasteiger partial charge in [0.1, 0.15) is 11.3 Å². The van der Waals surface area contributed by atoms with Gasteiger partial charge in [-0.05, 0) is 18.9 Å². The van der Waals surface area contributed by atoms with E-state index in [2.05, 4.69) is 15.7 Å². The maximum absolute atomic E-state index is 11.8. The van der Waals surface area contributed by atoms with E-state index in [9.17, 15) is 4.79 Å². The minimum absolute atomic E-state index is 0.117. The third-order valence-corrected chi connectivity index (χ3v) is 4.64. The highest BCUT2D eigenvalue weighted by atomic mass is 32.1. The van der Waals surface area contributed by atoms with Gasteiger partial charge in [-0.3, -0.25) is 4.79 Å². The Hall–Kier alpha value is -1.62. The molecule has 0 bridgehead atoms. The Morgan fingerprint density at radius 1 is 1.40 bits per heavy atom. The number of amides is 1. The lowest BCUT2D eigenvalue weighted by Crippen LogP contribution is -2.22. The van der Waals surface area contributed by atoms with Gasteiger partial charge in [0.15, 0.2) is 0 Å². The van der Waals surface area contributed by atoms with E-state index in [1.54, 1.807) is 17.4 Å². The van der Waals surface area contributed by atoms with Crippen LogP contribution in [0.25, 0.3) is 0 Å². The Labute approximate surface area is 122 Å². The van der Waals surface area contributed by atoms with Crippen LogP contribution in [-0.4, -0.2) is 10.9 Å². The zero-order chi connectivity index (χ0) is 13.8. The maximum atomic E-state index is 11.8. The number of aromatic nitrogens is 1. The molecule has 0 aliphatic heterocycles. The van der Waals surface area contributed by atoms with Gasteiger partial charge in [-0.1, -0.05) is 19.3 Å². The molecule has 2 aromatic heterocycles. The molecule has 4 nitrogen and oxygen atoms in total. The quantitative estimate of drug-likeness (QED) is 0.933. The number of rotatable bonds is 4. The van der Waals surface area contributed by atoms with E-state index in [0.29, 0.717) is 18.0 Å². The predicted octanol–water partition coefficient (Wildman–Crippen LogP) is 3.71. The Bertz CT molecular complexity index is 556. The molecule has 3 rings (SSSR count). The molecule has 2 heterocycles. The number of nitrogens with zero attached hydrogens (tertiary/aromatic N) is 1. The second-order valence-corrected chi connectivity index (χ2v) is 6.14. The maximum Gasteiger partial charge on any atom is 0.254 e. The highest BCUT2D eigenvalue weighted by Crippen LogP contribution is 2.32. The molecule has 2 aromatic rings. The molecule has 5 heteroatoms. The van der Waals surface area contributed by atoms with Crippen LogP contribution in [0.3, 0.4) is 0 Å². The minimum Gasteiger partial charge on any atom is -0.472 e. The van der Waals surface area contributed by atoms with Gasteiger partial charge < -0.3 is 9.73 Å². The summed E-state index contributed by atoms with van der Waals surface area (Å²) in [6.07, 6.45) is 9.44. The fourth-order valence-corrected chi connectivity index (χ4v) is 3.46. The van der Waals surface area contributed by atoms with Crippen LogP contribution in [0, 0.1) is 0 Å². The van der Waals surface area contributed by atoms with Crippen molar-refractivity contribution < 1.29 is 9.21 Å². The van der Waals surface area contributed by atoms with Crippen molar-refractivity contribution in [3.8, 4) is 0 Å². The van der Waals surface area contributed by atoms with E-state index in [1.165, 1.54) is 50.3 Å². The summed E-state index contributed by atoms with van der Waals surface area (Å²) in [5.74, 6) is 0.506. The summed E-state index contributed by atoms with van der Waals surface area (Å²) in [5, 5.41) is 5.99. The summed E-state index contributed by atoms with van der Waals surface area (Å²) in [7, 11) is 0. The zero-order valence-electron chi connectivity index (χ0n) is 11.3. The van der Waals surface area contributed by atoms with E-state index in [-0.39, 0.29) is 5.91 Å². The van der Waals surface area contributed by atoms with Crippen LogP contribution in [0.2, 0.25) is 0 Å². The summed E-state index contributed by atoms with van der Waals surface area (Å²) in [4.78, 5) is 16.5. The third kappa shape index (κ3) is 3.10. The average molecular weight is 290 g/mol. The molecule has 20 heavy (non-hydrogen) atoms. The van der Waals surface area contributed by atoms with Gasteiger partial charge >= 0.3 is 0 Å². The Morgan fingerprint density at radius 3 is 3.00 bits per heavy atom. The van der Waals surface area contributed by atoms with Crippen molar-refractivity contribution in [3.63, 3.8) is 0 Å². The van der Waals surface area contributed by atoms with Crippen LogP contribution in [0.4, 0.5) is 0 Å². The summed E-state index contributed by atoms with van der Waals surface area (Å²) >= 11 is 1.63. The first kappa shape index (κ1) is 13.4. The van der Waals surface area contributed by atoms with Gasteiger partial charge in [-0.2, -0.15) is 0 Å². The molecule has 1 fully saturated rings. The molecule has 0 unspecified atom stereocenters. The smallest absolute Gasteiger partial charge is 0.254 e. The van der Waals surface area contributed by atoms with Crippen LogP contribution < -0.4 is 5.32 Å². The SMILES string of the molecule is O=C(NCc1nc(C2CCCCC2)cs1)c1ccoc1. The van der Waals surface area contributed by atoms with Crippen molar-refractivity contribution in [2.45, 2.75) is 44.6 Å². The fraction of sp³-hybridized carbons (Fsp3) is 0.467. The Balaban J connectivity index is 1.56. The molecule has 0 spiro atoms. The molecular weight excluding hydrogens is 272 g/mol. The third-order valence-electron chi connectivity index (χ3n) is 3.78. The normalized spacial score (nSPS) is 16.2. The molecule has 1 N–H and O–H groups in total. The molecule has 106 valence electrons. The monoisotopic (exact) mass is 290 g/mol. The van der Waals surface area contributed by atoms with Gasteiger partial charge in [0, 0.05) is 11.3 Å². The van der Waals surface area contributed by atoms with Gasteiger partial charge in [-0.15, -0.1) is 11.3 Å². The van der Waals surface area contributed by atoms with Crippen LogP contribution >= 0.6 is 11.3 Å². The van der Waals surface area contributed by atoms with Gasteiger partial charge in [0.25, 0.3) is 5.91 Å². The molecule has 0 atom stereocenters. The topological polar surface area (TPSA) is 55.1 Å². The number of hydrogen-bond acceptors (Lipinski definition) is 4. The van der Waals surface area contributed by atoms with E-state index in [4.69, 9.17) is 4.42 Å². The molecule has 1 aliphatic rings. The Morgan fingerprint density at radius 2 is 2.25 bits per heavy atom. The molecule has 1 amide bonds. The lowest BCUT2D eigenvalue weighted by Gasteiger charge is -2.19. The molecular formula is C15H18N2O2S. The molecule has 0 radical (unpaired) electrons. The predicted molar refractivity (Wildman–Crippen MR) is 77.8 cm³/mol. The molecule has 0 aromatic carbocycles. The second-order valence-electron chi connectivity index (χ2n) is 5.20. The largest absolute Gasteiger partial charge is 0.472 e. The number of nitrogens with one attached hydrogen (secondary N) is 1. The Kier molecular flexibility index (Phi) is 4.16. The van der Waals surface area contributed by atoms with Crippen LogP contribution in [0.15, 0.2) is 28.4 Å². The average Bonchev–Trinajstić information content (AvgIpc) is 3.17. The van der Waals surface area contributed by atoms with Crippen molar-refractivity contribution in [2.75, 3.05) is 0 Å². The van der Waals surface area contributed by atoms with E-state index < -0.39 is 0 Å². The van der Waals surface area contributed by atoms with Crippen molar-refractivity contribution in [1.82, 2.24) is 10.3 Å². The van der Waals surface area contributed by atoms with Gasteiger partial charge in [-0.25, -0.2) is 4.98 Å². The standard InChI is InChI=1S/C15H18N2O2S/c18-15(12-6-7-19-9-12)16-8-14-17-13(10-20-14)11-4-2-1-3-5-11/h6-7,9-11H,1-5,8H2,(H,16,18). The number of hydrogen-bond donors (Lipinski definition) is 1. The highest BCUT2D eigenvalue weighted by molar-refractivity contribution is 7.09. The number of furan rings is 1. The summed E-state index contributed by atoms with van der Waals surface area (Å²) < 4.78 is 4.90. The highest BCUT2D eigenvalue weighted by Gasteiger charge is 2.18. The van der Waals surface area contributed by atoms with E-state index in [0.717, 1.165) is 5.01 Å².